The second-order valence-corrected chi connectivity index (χ2v) is 13.2. The van der Waals surface area contributed by atoms with Crippen molar-refractivity contribution in [2.24, 2.45) is 0 Å². The molecule has 2 saturated heterocycles. The summed E-state index contributed by atoms with van der Waals surface area (Å²) in [6.45, 7) is 0.953. The highest BCUT2D eigenvalue weighted by Gasteiger charge is 2.47. The quantitative estimate of drug-likeness (QED) is 0.224. The Morgan fingerprint density at radius 2 is 1.16 bits per heavy atom. The van der Waals surface area contributed by atoms with Gasteiger partial charge in [0.15, 0.2) is 23.2 Å². The number of nitrogens with zero attached hydrogens (tertiary/aromatic N) is 5. The number of ketones is 4. The molecule has 11 nitrogen and oxygen atoms in total. The van der Waals surface area contributed by atoms with E-state index < -0.39 is 34.8 Å². The molecule has 2 aliphatic carbocycles. The maximum atomic E-state index is 14.4. The van der Waals surface area contributed by atoms with Gasteiger partial charge in [0.25, 0.3) is 0 Å². The number of allylic oxidation sites excluding steroid dienone is 4. The molecule has 2 atom stereocenters. The average Bonchev–Trinajstić information content (AvgIpc) is 3.67. The molecule has 4 aliphatic rings. The van der Waals surface area contributed by atoms with Gasteiger partial charge in [0.2, 0.25) is 34.7 Å². The van der Waals surface area contributed by atoms with Crippen LogP contribution in [-0.2, 0) is 12.8 Å². The molecular formula is C35H25Cl2F2N5O6. The van der Waals surface area contributed by atoms with E-state index >= 15 is 0 Å². The molecule has 254 valence electrons. The van der Waals surface area contributed by atoms with E-state index in [0.29, 0.717) is 25.9 Å². The van der Waals surface area contributed by atoms with Gasteiger partial charge in [0.1, 0.15) is 11.6 Å². The maximum Gasteiger partial charge on any atom is 0.246 e. The lowest BCUT2D eigenvalue weighted by molar-refractivity contribution is -0.0904. The third kappa shape index (κ3) is 5.19. The molecule has 0 N–H and O–H groups in total. The van der Waals surface area contributed by atoms with Crippen LogP contribution in [0.1, 0.15) is 77.8 Å². The largest absolute Gasteiger partial charge is 0.436 e. The minimum atomic E-state index is -0.562. The van der Waals surface area contributed by atoms with Crippen LogP contribution in [-0.4, -0.2) is 80.3 Å². The van der Waals surface area contributed by atoms with Gasteiger partial charge in [0.05, 0.1) is 36.6 Å². The van der Waals surface area contributed by atoms with E-state index in [0.717, 1.165) is 0 Å². The van der Waals surface area contributed by atoms with E-state index in [2.05, 4.69) is 9.97 Å². The van der Waals surface area contributed by atoms with E-state index in [1.54, 1.807) is 9.80 Å². The first-order valence-corrected chi connectivity index (χ1v) is 16.5. The van der Waals surface area contributed by atoms with Crippen molar-refractivity contribution in [3.05, 3.63) is 127 Å². The van der Waals surface area contributed by atoms with Crippen LogP contribution in [0.25, 0.3) is 0 Å². The van der Waals surface area contributed by atoms with Gasteiger partial charge in [-0.1, -0.05) is 35.3 Å². The van der Waals surface area contributed by atoms with Crippen LogP contribution >= 0.6 is 23.2 Å². The number of carbonyl (C=O) groups excluding carboxylic acids is 4. The predicted octanol–water partition coefficient (Wildman–Crippen LogP) is 5.65. The summed E-state index contributed by atoms with van der Waals surface area (Å²) in [5.41, 5.74) is 0.263. The summed E-state index contributed by atoms with van der Waals surface area (Å²) in [5.74, 6) is -3.67. The van der Waals surface area contributed by atoms with Crippen molar-refractivity contribution in [3.8, 4) is 0 Å². The van der Waals surface area contributed by atoms with Gasteiger partial charge in [0, 0.05) is 46.4 Å². The molecule has 0 amide bonds. The van der Waals surface area contributed by atoms with E-state index in [1.165, 1.54) is 48.6 Å². The summed E-state index contributed by atoms with van der Waals surface area (Å²) in [6, 6.07) is 8.47. The Bertz CT molecular complexity index is 2030. The van der Waals surface area contributed by atoms with Gasteiger partial charge in [-0.3, -0.25) is 24.1 Å². The van der Waals surface area contributed by atoms with Gasteiger partial charge < -0.3 is 18.6 Å². The van der Waals surface area contributed by atoms with Crippen LogP contribution in [0.4, 0.5) is 8.78 Å². The Labute approximate surface area is 292 Å². The molecule has 0 saturated carbocycles. The zero-order chi connectivity index (χ0) is 35.0. The van der Waals surface area contributed by atoms with Crippen LogP contribution in [0.2, 0.25) is 10.0 Å². The van der Waals surface area contributed by atoms with Gasteiger partial charge in [-0.05, 0) is 44.2 Å². The van der Waals surface area contributed by atoms with E-state index in [-0.39, 0.29) is 92.4 Å². The summed E-state index contributed by atoms with van der Waals surface area (Å²) < 4.78 is 40.2. The number of halogens is 4. The molecule has 4 aromatic rings. The highest BCUT2D eigenvalue weighted by atomic mass is 35.5. The number of benzene rings is 2. The zero-order valence-electron chi connectivity index (χ0n) is 26.2. The number of likely N-dealkylation sites (tertiary alicyclic amines) is 2. The third-order valence-electron chi connectivity index (χ3n) is 9.54. The molecule has 0 spiro atoms. The third-order valence-corrected chi connectivity index (χ3v) is 10.2. The SMILES string of the molecule is CN(C1CCN1C1=CC(=O)c2nc(Cc3c(F)cccc3Cl)oc2C1=O)C1CCN1C1=CC(=O)c2nc(Cc3c(F)cccc3Cl)oc2C1=O. The monoisotopic (exact) mass is 719 g/mol. The van der Waals surface area contributed by atoms with Crippen molar-refractivity contribution in [2.45, 2.75) is 38.0 Å². The Balaban J connectivity index is 0.974. The minimum absolute atomic E-state index is 0.0150. The van der Waals surface area contributed by atoms with Crippen molar-refractivity contribution in [2.75, 3.05) is 20.1 Å². The van der Waals surface area contributed by atoms with Crippen LogP contribution in [0.15, 0.2) is 68.8 Å². The molecule has 2 aliphatic heterocycles. The highest BCUT2D eigenvalue weighted by molar-refractivity contribution is 6.31. The molecule has 2 aromatic carbocycles. The lowest BCUT2D eigenvalue weighted by atomic mass is 9.95. The fourth-order valence-electron chi connectivity index (χ4n) is 6.76. The summed E-state index contributed by atoms with van der Waals surface area (Å²) >= 11 is 12.3. The fraction of sp³-hybridized carbons (Fsp3) is 0.257. The van der Waals surface area contributed by atoms with Crippen molar-refractivity contribution in [1.82, 2.24) is 24.7 Å². The Kier molecular flexibility index (Phi) is 7.81. The highest BCUT2D eigenvalue weighted by Crippen LogP contribution is 2.38. The molecule has 2 aromatic heterocycles. The topological polar surface area (TPSA) is 130 Å². The first-order valence-electron chi connectivity index (χ1n) is 15.7. The van der Waals surface area contributed by atoms with Crippen LogP contribution in [0.3, 0.4) is 0 Å². The number of Topliss-reactive ketones (excluding diaryl/α,β-unsaturated/α-hetero) is 2. The molecule has 0 bridgehead atoms. The van der Waals surface area contributed by atoms with E-state index in [4.69, 9.17) is 32.0 Å². The van der Waals surface area contributed by atoms with Gasteiger partial charge in [-0.2, -0.15) is 0 Å². The number of carbonyl (C=O) groups is 4. The average molecular weight is 721 g/mol. The first-order chi connectivity index (χ1) is 24.0. The Morgan fingerprint density at radius 3 is 1.52 bits per heavy atom. The molecule has 15 heteroatoms. The maximum absolute atomic E-state index is 14.4. The molecule has 2 unspecified atom stereocenters. The number of aromatic nitrogens is 2. The summed E-state index contributed by atoms with van der Waals surface area (Å²) in [5, 5.41) is 0.334. The number of fused-ring (bicyclic) bond motifs is 2. The lowest BCUT2D eigenvalue weighted by Gasteiger charge is -2.56. The number of rotatable bonds is 8. The zero-order valence-corrected chi connectivity index (χ0v) is 27.7. The second kappa shape index (κ2) is 12.1. The van der Waals surface area contributed by atoms with Crippen molar-refractivity contribution in [3.63, 3.8) is 0 Å². The van der Waals surface area contributed by atoms with Crippen LogP contribution in [0, 0.1) is 11.6 Å². The first kappa shape index (κ1) is 32.2. The van der Waals surface area contributed by atoms with Crippen molar-refractivity contribution < 1.29 is 36.8 Å². The van der Waals surface area contributed by atoms with Crippen molar-refractivity contribution in [1.29, 1.82) is 0 Å². The standard InChI is InChI=1S/C35H25Cl2F2N5O6/c1-42(28-8-10-43(28)22-14-24(45)30-34(32(22)47)49-26(40-30)12-16-18(36)4-2-6-20(16)38)29-9-11-44(29)23-15-25(46)31-35(33(23)48)50-27(41-31)13-17-19(37)5-3-7-21(17)39/h2-7,14-15,28-29H,8-13H2,1H3. The van der Waals surface area contributed by atoms with Crippen LogP contribution < -0.4 is 0 Å². The minimum Gasteiger partial charge on any atom is -0.436 e. The van der Waals surface area contributed by atoms with Gasteiger partial charge in [-0.25, -0.2) is 18.7 Å². The fourth-order valence-corrected chi connectivity index (χ4v) is 7.22. The number of hydrogen-bond donors (Lipinski definition) is 0. The number of hydrogen-bond acceptors (Lipinski definition) is 11. The second-order valence-electron chi connectivity index (χ2n) is 12.4. The lowest BCUT2D eigenvalue weighted by Crippen LogP contribution is -2.66. The molecule has 8 rings (SSSR count). The van der Waals surface area contributed by atoms with Gasteiger partial charge in [-0.15, -0.1) is 0 Å². The molecule has 50 heavy (non-hydrogen) atoms. The molecular weight excluding hydrogens is 695 g/mol. The van der Waals surface area contributed by atoms with Crippen LogP contribution in [0.5, 0.6) is 0 Å². The van der Waals surface area contributed by atoms with E-state index in [9.17, 15) is 28.0 Å². The van der Waals surface area contributed by atoms with Gasteiger partial charge >= 0.3 is 0 Å². The summed E-state index contributed by atoms with van der Waals surface area (Å²) in [6.07, 6.45) is 2.84. The van der Waals surface area contributed by atoms with Crippen molar-refractivity contribution >= 4 is 46.3 Å². The predicted molar refractivity (Wildman–Crippen MR) is 173 cm³/mol. The Morgan fingerprint density at radius 1 is 0.740 bits per heavy atom. The summed E-state index contributed by atoms with van der Waals surface area (Å²) in [4.78, 5) is 67.4. The molecule has 2 fully saturated rings. The number of oxazole rings is 2. The van der Waals surface area contributed by atoms with E-state index in [1.807, 2.05) is 11.9 Å². The summed E-state index contributed by atoms with van der Waals surface area (Å²) in [7, 11) is 1.84. The molecule has 0 radical (unpaired) electrons. The molecule has 4 heterocycles. The Hall–Kier alpha value is -4.98. The normalized spacial score (nSPS) is 20.0. The smallest absolute Gasteiger partial charge is 0.246 e.